The number of carbonyl (C=O) groups excluding carboxylic acids is 2. The number of rotatable bonds is 11. The molecule has 0 heterocycles. The molecule has 1 aliphatic rings. The van der Waals surface area contributed by atoms with Crippen LogP contribution in [-0.2, 0) is 26.2 Å². The third-order valence-electron chi connectivity index (χ3n) is 7.60. The van der Waals surface area contributed by atoms with Gasteiger partial charge in [0.1, 0.15) is 18.3 Å². The number of hydrogen-bond acceptors (Lipinski definition) is 5. The highest BCUT2D eigenvalue weighted by Gasteiger charge is 2.33. The second-order valence-electron chi connectivity index (χ2n) is 10.5. The van der Waals surface area contributed by atoms with E-state index < -0.39 is 28.5 Å². The molecule has 218 valence electrons. The molecule has 8 nitrogen and oxygen atoms in total. The molecule has 0 bridgehead atoms. The fraction of sp³-hybridized carbons (Fsp3) is 0.375. The summed E-state index contributed by atoms with van der Waals surface area (Å²) in [6.45, 7) is 3.15. The number of nitrogens with one attached hydrogen (secondary N) is 1. The first-order chi connectivity index (χ1) is 19.7. The summed E-state index contributed by atoms with van der Waals surface area (Å²) in [4.78, 5) is 29.1. The molecule has 2 amide bonds. The van der Waals surface area contributed by atoms with Crippen molar-refractivity contribution < 1.29 is 22.7 Å². The van der Waals surface area contributed by atoms with Gasteiger partial charge in [0.25, 0.3) is 10.0 Å². The molecule has 3 aromatic rings. The summed E-state index contributed by atoms with van der Waals surface area (Å²) < 4.78 is 34.3. The standard InChI is InChI=1S/C32H39N3O5S/c1-24-13-10-11-20-30(24)35(41(38,39)29-18-8-5-9-19-29)23-31(36)34(22-26-14-12-17-28(21-26)40-3)25(2)32(37)33-27-15-6-4-7-16-27/h5,8-14,17-21,25,27H,4,6-7,15-16,22-23H2,1-3H3,(H,33,37). The lowest BCUT2D eigenvalue weighted by Crippen LogP contribution is -2.53. The van der Waals surface area contributed by atoms with E-state index in [-0.39, 0.29) is 23.4 Å². The quantitative estimate of drug-likeness (QED) is 0.344. The number of hydrogen-bond donors (Lipinski definition) is 1. The largest absolute Gasteiger partial charge is 0.497 e. The van der Waals surface area contributed by atoms with Crippen molar-refractivity contribution in [3.63, 3.8) is 0 Å². The Balaban J connectivity index is 1.68. The van der Waals surface area contributed by atoms with Crippen LogP contribution in [0.15, 0.2) is 83.8 Å². The highest BCUT2D eigenvalue weighted by molar-refractivity contribution is 7.92. The Morgan fingerprint density at radius 1 is 0.951 bits per heavy atom. The fourth-order valence-corrected chi connectivity index (χ4v) is 6.69. The SMILES string of the molecule is COc1cccc(CN(C(=O)CN(c2ccccc2C)S(=O)(=O)c2ccccc2)C(C)C(=O)NC2CCCCC2)c1. The first kappa shape index (κ1) is 30.1. The zero-order valence-corrected chi connectivity index (χ0v) is 24.8. The third kappa shape index (κ3) is 7.47. The van der Waals surface area contributed by atoms with Crippen LogP contribution >= 0.6 is 0 Å². The molecule has 1 N–H and O–H groups in total. The minimum absolute atomic E-state index is 0.0781. The van der Waals surface area contributed by atoms with Gasteiger partial charge in [0.15, 0.2) is 0 Å². The minimum Gasteiger partial charge on any atom is -0.497 e. The van der Waals surface area contributed by atoms with Gasteiger partial charge in [-0.3, -0.25) is 13.9 Å². The Morgan fingerprint density at radius 3 is 2.32 bits per heavy atom. The normalized spacial score (nSPS) is 14.6. The van der Waals surface area contributed by atoms with E-state index in [2.05, 4.69) is 5.32 Å². The number of carbonyl (C=O) groups is 2. The van der Waals surface area contributed by atoms with Gasteiger partial charge >= 0.3 is 0 Å². The maximum Gasteiger partial charge on any atom is 0.264 e. The molecule has 1 unspecified atom stereocenters. The molecule has 3 aromatic carbocycles. The number of benzene rings is 3. The molecule has 1 atom stereocenters. The van der Waals surface area contributed by atoms with Gasteiger partial charge in [0.2, 0.25) is 11.8 Å². The summed E-state index contributed by atoms with van der Waals surface area (Å²) in [6, 6.07) is 21.7. The van der Waals surface area contributed by atoms with E-state index in [1.54, 1.807) is 50.4 Å². The van der Waals surface area contributed by atoms with Crippen LogP contribution in [0.4, 0.5) is 5.69 Å². The Bertz CT molecular complexity index is 1440. The number of nitrogens with zero attached hydrogens (tertiary/aromatic N) is 2. The van der Waals surface area contributed by atoms with Crippen LogP contribution in [0.2, 0.25) is 0 Å². The predicted octanol–water partition coefficient (Wildman–Crippen LogP) is 5.07. The van der Waals surface area contributed by atoms with Crippen LogP contribution < -0.4 is 14.4 Å². The van der Waals surface area contributed by atoms with E-state index in [1.165, 1.54) is 17.0 Å². The van der Waals surface area contributed by atoms with Gasteiger partial charge in [-0.2, -0.15) is 0 Å². The summed E-state index contributed by atoms with van der Waals surface area (Å²) in [7, 11) is -2.53. The number of sulfonamides is 1. The molecule has 0 saturated heterocycles. The smallest absolute Gasteiger partial charge is 0.264 e. The summed E-state index contributed by atoms with van der Waals surface area (Å²) >= 11 is 0. The fourth-order valence-electron chi connectivity index (χ4n) is 5.20. The molecule has 9 heteroatoms. The van der Waals surface area contributed by atoms with E-state index in [4.69, 9.17) is 4.74 Å². The van der Waals surface area contributed by atoms with Crippen molar-refractivity contribution >= 4 is 27.5 Å². The maximum absolute atomic E-state index is 14.1. The van der Waals surface area contributed by atoms with E-state index in [0.717, 1.165) is 42.0 Å². The van der Waals surface area contributed by atoms with Gasteiger partial charge in [0.05, 0.1) is 17.7 Å². The number of methoxy groups -OCH3 is 1. The summed E-state index contributed by atoms with van der Waals surface area (Å²) in [5, 5.41) is 3.12. The first-order valence-corrected chi connectivity index (χ1v) is 15.5. The van der Waals surface area contributed by atoms with Gasteiger partial charge in [0, 0.05) is 12.6 Å². The van der Waals surface area contributed by atoms with Crippen molar-refractivity contribution in [1.29, 1.82) is 0 Å². The van der Waals surface area contributed by atoms with E-state index in [1.807, 2.05) is 37.3 Å². The zero-order chi connectivity index (χ0) is 29.4. The predicted molar refractivity (Wildman–Crippen MR) is 160 cm³/mol. The Labute approximate surface area is 243 Å². The molecule has 41 heavy (non-hydrogen) atoms. The van der Waals surface area contributed by atoms with Crippen molar-refractivity contribution in [1.82, 2.24) is 10.2 Å². The molecular weight excluding hydrogens is 538 g/mol. The van der Waals surface area contributed by atoms with Crippen molar-refractivity contribution in [2.75, 3.05) is 18.0 Å². The van der Waals surface area contributed by atoms with E-state index in [0.29, 0.717) is 17.0 Å². The van der Waals surface area contributed by atoms with Crippen molar-refractivity contribution in [3.8, 4) is 5.75 Å². The molecule has 1 aliphatic carbocycles. The first-order valence-electron chi connectivity index (χ1n) is 14.1. The minimum atomic E-state index is -4.09. The monoisotopic (exact) mass is 577 g/mol. The lowest BCUT2D eigenvalue weighted by molar-refractivity contribution is -0.139. The molecule has 1 saturated carbocycles. The van der Waals surface area contributed by atoms with Crippen LogP contribution in [-0.4, -0.2) is 50.9 Å². The third-order valence-corrected chi connectivity index (χ3v) is 9.37. The van der Waals surface area contributed by atoms with E-state index >= 15 is 0 Å². The molecular formula is C32H39N3O5S. The molecule has 0 radical (unpaired) electrons. The highest BCUT2D eigenvalue weighted by Crippen LogP contribution is 2.27. The maximum atomic E-state index is 14.1. The van der Waals surface area contributed by atoms with Crippen molar-refractivity contribution in [2.24, 2.45) is 0 Å². The average Bonchev–Trinajstić information content (AvgIpc) is 2.99. The number of amides is 2. The van der Waals surface area contributed by atoms with E-state index in [9.17, 15) is 18.0 Å². The Hall–Kier alpha value is -3.85. The van der Waals surface area contributed by atoms with Crippen molar-refractivity contribution in [2.45, 2.75) is 69.5 Å². The van der Waals surface area contributed by atoms with Crippen LogP contribution in [0, 0.1) is 6.92 Å². The lowest BCUT2D eigenvalue weighted by atomic mass is 9.95. The molecule has 0 aliphatic heterocycles. The number of aryl methyl sites for hydroxylation is 1. The van der Waals surface area contributed by atoms with Gasteiger partial charge in [-0.1, -0.05) is 67.8 Å². The lowest BCUT2D eigenvalue weighted by Gasteiger charge is -2.33. The second-order valence-corrected chi connectivity index (χ2v) is 12.4. The Kier molecular flexibility index (Phi) is 10.0. The molecule has 0 aromatic heterocycles. The molecule has 0 spiro atoms. The van der Waals surface area contributed by atoms with Gasteiger partial charge in [-0.15, -0.1) is 0 Å². The van der Waals surface area contributed by atoms with Crippen LogP contribution in [0.25, 0.3) is 0 Å². The average molecular weight is 578 g/mol. The molecule has 1 fully saturated rings. The number of para-hydroxylation sites is 1. The van der Waals surface area contributed by atoms with Gasteiger partial charge < -0.3 is 15.0 Å². The summed E-state index contributed by atoms with van der Waals surface area (Å²) in [5.74, 6) is -0.106. The second kappa shape index (κ2) is 13.7. The summed E-state index contributed by atoms with van der Waals surface area (Å²) in [6.07, 6.45) is 5.12. The van der Waals surface area contributed by atoms with Crippen molar-refractivity contribution in [3.05, 3.63) is 90.0 Å². The number of ether oxygens (including phenoxy) is 1. The highest BCUT2D eigenvalue weighted by atomic mass is 32.2. The topological polar surface area (TPSA) is 96.0 Å². The summed E-state index contributed by atoms with van der Waals surface area (Å²) in [5.41, 5.74) is 1.89. The molecule has 4 rings (SSSR count). The van der Waals surface area contributed by atoms with Crippen LogP contribution in [0.1, 0.15) is 50.2 Å². The van der Waals surface area contributed by atoms with Gasteiger partial charge in [-0.05, 0) is 68.1 Å². The van der Waals surface area contributed by atoms with Crippen LogP contribution in [0.5, 0.6) is 5.75 Å². The van der Waals surface area contributed by atoms with Gasteiger partial charge in [-0.25, -0.2) is 8.42 Å². The Morgan fingerprint density at radius 2 is 1.63 bits per heavy atom. The van der Waals surface area contributed by atoms with Crippen LogP contribution in [0.3, 0.4) is 0 Å². The number of anilines is 1. The zero-order valence-electron chi connectivity index (χ0n) is 24.0.